The highest BCUT2D eigenvalue weighted by atomic mass is 16.3. The molecular weight excluding hydrogens is 242 g/mol. The van der Waals surface area contributed by atoms with Gasteiger partial charge in [0.1, 0.15) is 11.9 Å². The second-order valence-electron chi connectivity index (χ2n) is 4.40. The fraction of sp³-hybridized carbons (Fsp3) is 0.143. The van der Waals surface area contributed by atoms with Crippen LogP contribution in [0.4, 0.5) is 0 Å². The van der Waals surface area contributed by atoms with Crippen molar-refractivity contribution in [3.05, 3.63) is 59.9 Å². The zero-order chi connectivity index (χ0) is 13.2. The van der Waals surface area contributed by atoms with Crippen molar-refractivity contribution in [2.24, 2.45) is 0 Å². The van der Waals surface area contributed by atoms with Gasteiger partial charge in [-0.15, -0.1) is 0 Å². The Morgan fingerprint density at radius 1 is 1.47 bits per heavy atom. The topological polar surface area (TPSA) is 59.5 Å². The average Bonchev–Trinajstić information content (AvgIpc) is 3.04. The molecule has 1 amide bonds. The fourth-order valence-corrected chi connectivity index (χ4v) is 1.89. The minimum absolute atomic E-state index is 0.165. The fourth-order valence-electron chi connectivity index (χ4n) is 1.89. The van der Waals surface area contributed by atoms with Crippen LogP contribution in [0.2, 0.25) is 0 Å². The van der Waals surface area contributed by atoms with Crippen LogP contribution in [-0.4, -0.2) is 15.3 Å². The van der Waals surface area contributed by atoms with Crippen molar-refractivity contribution < 1.29 is 9.21 Å². The van der Waals surface area contributed by atoms with E-state index in [9.17, 15) is 4.79 Å². The van der Waals surface area contributed by atoms with E-state index in [1.807, 2.05) is 35.9 Å². The van der Waals surface area contributed by atoms with Gasteiger partial charge < -0.3 is 14.1 Å². The first-order chi connectivity index (χ1) is 9.22. The molecule has 3 aromatic rings. The number of nitrogens with zero attached hydrogens (tertiary/aromatic N) is 2. The van der Waals surface area contributed by atoms with Gasteiger partial charge in [-0.2, -0.15) is 0 Å². The molecule has 96 valence electrons. The molecule has 3 rings (SSSR count). The molecule has 5 heteroatoms. The lowest BCUT2D eigenvalue weighted by Crippen LogP contribution is -2.22. The highest BCUT2D eigenvalue weighted by Gasteiger charge is 2.07. The van der Waals surface area contributed by atoms with E-state index in [-0.39, 0.29) is 5.91 Å². The Balaban J connectivity index is 1.73. The number of nitrogens with one attached hydrogen (secondary N) is 1. The Kier molecular flexibility index (Phi) is 2.79. The molecule has 3 heterocycles. The summed E-state index contributed by atoms with van der Waals surface area (Å²) in [6.45, 7) is 2.42. The van der Waals surface area contributed by atoms with Crippen molar-refractivity contribution in [2.75, 3.05) is 0 Å². The molecule has 19 heavy (non-hydrogen) atoms. The van der Waals surface area contributed by atoms with Crippen LogP contribution in [0.25, 0.3) is 5.65 Å². The first-order valence-electron chi connectivity index (χ1n) is 5.97. The first kappa shape index (κ1) is 11.5. The highest BCUT2D eigenvalue weighted by molar-refractivity contribution is 5.93. The molecule has 0 aromatic carbocycles. The average molecular weight is 255 g/mol. The molecule has 0 radical (unpaired) electrons. The molecule has 5 nitrogen and oxygen atoms in total. The van der Waals surface area contributed by atoms with Gasteiger partial charge in [0, 0.05) is 12.4 Å². The van der Waals surface area contributed by atoms with Crippen LogP contribution in [0, 0.1) is 6.92 Å². The highest BCUT2D eigenvalue weighted by Crippen LogP contribution is 2.08. The number of fused-ring (bicyclic) bond motifs is 1. The van der Waals surface area contributed by atoms with E-state index in [0.29, 0.717) is 12.1 Å². The van der Waals surface area contributed by atoms with Crippen LogP contribution >= 0.6 is 0 Å². The smallest absolute Gasteiger partial charge is 0.254 e. The number of rotatable bonds is 3. The Hall–Kier alpha value is -2.56. The van der Waals surface area contributed by atoms with Crippen LogP contribution in [0.3, 0.4) is 0 Å². The molecule has 0 fully saturated rings. The van der Waals surface area contributed by atoms with Crippen LogP contribution in [-0.2, 0) is 6.54 Å². The maximum Gasteiger partial charge on any atom is 0.254 e. The van der Waals surface area contributed by atoms with Crippen molar-refractivity contribution in [1.82, 2.24) is 14.7 Å². The van der Waals surface area contributed by atoms with Crippen LogP contribution in [0.5, 0.6) is 0 Å². The maximum atomic E-state index is 11.7. The standard InChI is InChI=1S/C14H13N3O2/c1-10-2-4-17-8-12(16-13(17)6-10)7-15-14(18)11-3-5-19-9-11/h2-6,8-9H,7H2,1H3,(H,15,18). The number of furan rings is 1. The monoisotopic (exact) mass is 255 g/mol. The molecule has 0 aliphatic rings. The number of imidazole rings is 1. The molecule has 0 unspecified atom stereocenters. The lowest BCUT2D eigenvalue weighted by molar-refractivity contribution is 0.0950. The van der Waals surface area contributed by atoms with Gasteiger partial charge >= 0.3 is 0 Å². The van der Waals surface area contributed by atoms with Crippen molar-refractivity contribution in [1.29, 1.82) is 0 Å². The summed E-state index contributed by atoms with van der Waals surface area (Å²) in [5.74, 6) is -0.165. The van der Waals surface area contributed by atoms with Crippen molar-refractivity contribution in [3.63, 3.8) is 0 Å². The molecule has 0 aliphatic heterocycles. The number of hydrogen-bond acceptors (Lipinski definition) is 3. The zero-order valence-electron chi connectivity index (χ0n) is 10.5. The van der Waals surface area contributed by atoms with Crippen molar-refractivity contribution >= 4 is 11.6 Å². The second-order valence-corrected chi connectivity index (χ2v) is 4.40. The molecule has 0 saturated heterocycles. The summed E-state index contributed by atoms with van der Waals surface area (Å²) in [6.07, 6.45) is 6.76. The summed E-state index contributed by atoms with van der Waals surface area (Å²) >= 11 is 0. The quantitative estimate of drug-likeness (QED) is 0.780. The summed E-state index contributed by atoms with van der Waals surface area (Å²) in [4.78, 5) is 16.2. The molecule has 0 saturated carbocycles. The van der Waals surface area contributed by atoms with Gasteiger partial charge in [-0.25, -0.2) is 4.98 Å². The third-order valence-electron chi connectivity index (χ3n) is 2.88. The van der Waals surface area contributed by atoms with Gasteiger partial charge in [-0.1, -0.05) is 0 Å². The number of carbonyl (C=O) groups is 1. The maximum absolute atomic E-state index is 11.7. The van der Waals surface area contributed by atoms with Gasteiger partial charge in [0.15, 0.2) is 0 Å². The van der Waals surface area contributed by atoms with Gasteiger partial charge in [0.25, 0.3) is 5.91 Å². The largest absolute Gasteiger partial charge is 0.472 e. The predicted octanol–water partition coefficient (Wildman–Crippen LogP) is 2.17. The Morgan fingerprint density at radius 3 is 3.16 bits per heavy atom. The molecule has 3 aromatic heterocycles. The summed E-state index contributed by atoms with van der Waals surface area (Å²) in [7, 11) is 0. The lowest BCUT2D eigenvalue weighted by atomic mass is 10.3. The van der Waals surface area contributed by atoms with E-state index >= 15 is 0 Å². The van der Waals surface area contributed by atoms with Crippen molar-refractivity contribution in [3.8, 4) is 0 Å². The number of pyridine rings is 1. The third-order valence-corrected chi connectivity index (χ3v) is 2.88. The normalized spacial score (nSPS) is 10.8. The summed E-state index contributed by atoms with van der Waals surface area (Å²) in [6, 6.07) is 5.65. The molecule has 1 N–H and O–H groups in total. The van der Waals surface area contributed by atoms with Gasteiger partial charge in [0.2, 0.25) is 0 Å². The predicted molar refractivity (Wildman–Crippen MR) is 69.8 cm³/mol. The lowest BCUT2D eigenvalue weighted by Gasteiger charge is -1.99. The van der Waals surface area contributed by atoms with Crippen LogP contribution < -0.4 is 5.32 Å². The van der Waals surface area contributed by atoms with E-state index in [4.69, 9.17) is 4.42 Å². The SMILES string of the molecule is Cc1ccn2cc(CNC(=O)c3ccoc3)nc2c1. The number of aromatic nitrogens is 2. The molecule has 0 atom stereocenters. The first-order valence-corrected chi connectivity index (χ1v) is 5.97. The molecule has 0 bridgehead atoms. The van der Waals surface area contributed by atoms with E-state index < -0.39 is 0 Å². The van der Waals surface area contributed by atoms with Crippen molar-refractivity contribution in [2.45, 2.75) is 13.5 Å². The summed E-state index contributed by atoms with van der Waals surface area (Å²) < 4.78 is 6.81. The summed E-state index contributed by atoms with van der Waals surface area (Å²) in [5, 5.41) is 2.80. The Bertz CT molecular complexity index is 713. The summed E-state index contributed by atoms with van der Waals surface area (Å²) in [5.41, 5.74) is 3.38. The van der Waals surface area contributed by atoms with Gasteiger partial charge in [-0.05, 0) is 30.7 Å². The number of carbonyl (C=O) groups excluding carboxylic acids is 1. The van der Waals surface area contributed by atoms with E-state index in [1.165, 1.54) is 12.5 Å². The molecule has 0 aliphatic carbocycles. The van der Waals surface area contributed by atoms with Crippen LogP contribution in [0.1, 0.15) is 21.6 Å². The van der Waals surface area contributed by atoms with Crippen LogP contribution in [0.15, 0.2) is 47.5 Å². The third kappa shape index (κ3) is 2.35. The van der Waals surface area contributed by atoms with Gasteiger partial charge in [-0.3, -0.25) is 4.79 Å². The number of amides is 1. The molecule has 0 spiro atoms. The van der Waals surface area contributed by atoms with E-state index in [0.717, 1.165) is 16.9 Å². The minimum Gasteiger partial charge on any atom is -0.472 e. The second kappa shape index (κ2) is 4.61. The van der Waals surface area contributed by atoms with Gasteiger partial charge in [0.05, 0.1) is 24.1 Å². The Labute approximate surface area is 109 Å². The number of aryl methyl sites for hydroxylation is 1. The number of hydrogen-bond donors (Lipinski definition) is 1. The molecular formula is C14H13N3O2. The van der Waals surface area contributed by atoms with E-state index in [1.54, 1.807) is 6.07 Å². The minimum atomic E-state index is -0.165. The van der Waals surface area contributed by atoms with E-state index in [2.05, 4.69) is 10.3 Å². The zero-order valence-corrected chi connectivity index (χ0v) is 10.5. The Morgan fingerprint density at radius 2 is 2.37 bits per heavy atom.